The molecule has 348 valence electrons. The Hall–Kier alpha value is -1.18. The van der Waals surface area contributed by atoms with Crippen LogP contribution in [-0.2, 0) is 23.8 Å². The molecule has 0 aromatic heterocycles. The average Bonchev–Trinajstić information content (AvgIpc) is 3.63. The minimum Gasteiger partial charge on any atom is -0.483 e. The molecule has 58 heavy (non-hydrogen) atoms. The van der Waals surface area contributed by atoms with E-state index in [-0.39, 0.29) is 24.3 Å². The van der Waals surface area contributed by atoms with Crippen molar-refractivity contribution in [1.82, 2.24) is 5.32 Å². The minimum atomic E-state index is -0.329. The topological polar surface area (TPSA) is 94.1 Å². The molecule has 0 spiro atoms. The van der Waals surface area contributed by atoms with Gasteiger partial charge in [-0.3, -0.25) is 9.59 Å². The van der Waals surface area contributed by atoms with Crippen molar-refractivity contribution in [2.24, 2.45) is 11.8 Å². The van der Waals surface area contributed by atoms with Gasteiger partial charge in [0.15, 0.2) is 5.79 Å². The number of esters is 1. The Morgan fingerprint density at radius 3 is 1.36 bits per heavy atom. The molecule has 0 radical (unpaired) electrons. The van der Waals surface area contributed by atoms with E-state index in [1.807, 2.05) is 0 Å². The number of ether oxygens (including phenoxy) is 3. The van der Waals surface area contributed by atoms with Gasteiger partial charge in [0.1, 0.15) is 0 Å². The van der Waals surface area contributed by atoms with Crippen molar-refractivity contribution in [3.8, 4) is 0 Å². The molecule has 0 aliphatic carbocycles. The zero-order valence-electron chi connectivity index (χ0n) is 40.2. The van der Waals surface area contributed by atoms with E-state index in [2.05, 4.69) is 53.8 Å². The van der Waals surface area contributed by atoms with Crippen LogP contribution in [-0.4, -0.2) is 55.7 Å². The fourth-order valence-electron chi connectivity index (χ4n) is 8.36. The van der Waals surface area contributed by atoms with Gasteiger partial charge in [-0.25, -0.2) is 0 Å². The smallest absolute Gasteiger partial charge is 0.306 e. The van der Waals surface area contributed by atoms with Crippen LogP contribution in [0.2, 0.25) is 0 Å². The molecule has 1 fully saturated rings. The molecule has 1 heterocycles. The molecule has 1 rings (SSSR count). The predicted octanol–water partition coefficient (Wildman–Crippen LogP) is 15.6. The summed E-state index contributed by atoms with van der Waals surface area (Å²) in [5.74, 6) is 1.21. The molecular formula is C51H103NO6. The lowest BCUT2D eigenvalue weighted by Gasteiger charge is -2.28. The fourth-order valence-corrected chi connectivity index (χ4v) is 8.36. The Kier molecular flexibility index (Phi) is 47.6. The number of unbranched alkanes of at least 4 members (excludes halogenated alkanes) is 19. The Balaban J connectivity index is 0. The highest BCUT2D eigenvalue weighted by Crippen LogP contribution is 2.35. The van der Waals surface area contributed by atoms with Gasteiger partial charge in [0.05, 0.1) is 19.3 Å². The van der Waals surface area contributed by atoms with E-state index in [4.69, 9.17) is 24.1 Å². The Labute approximate surface area is 362 Å². The molecule has 0 amide bonds. The van der Waals surface area contributed by atoms with E-state index >= 15 is 0 Å². The van der Waals surface area contributed by atoms with Crippen LogP contribution < -0.4 is 5.32 Å². The van der Waals surface area contributed by atoms with Gasteiger partial charge in [-0.15, -0.1) is 0 Å². The first-order valence-corrected chi connectivity index (χ1v) is 25.6. The zero-order valence-corrected chi connectivity index (χ0v) is 40.2. The fraction of sp³-hybridized carbons (Fsp3) is 0.961. The van der Waals surface area contributed by atoms with Gasteiger partial charge in [0, 0.05) is 19.3 Å². The summed E-state index contributed by atoms with van der Waals surface area (Å²) in [4.78, 5) is 20.9. The van der Waals surface area contributed by atoms with Crippen LogP contribution in [0.1, 0.15) is 267 Å². The molecule has 2 atom stereocenters. The highest BCUT2D eigenvalue weighted by atomic mass is 16.7. The summed E-state index contributed by atoms with van der Waals surface area (Å²) in [5, 5.41) is 10.0. The van der Waals surface area contributed by atoms with Crippen LogP contribution in [0.15, 0.2) is 0 Å². The first-order valence-electron chi connectivity index (χ1n) is 25.6. The summed E-state index contributed by atoms with van der Waals surface area (Å²) < 4.78 is 18.6. The molecule has 0 bridgehead atoms. The molecule has 1 saturated heterocycles. The summed E-state index contributed by atoms with van der Waals surface area (Å²) in [6.07, 6.45) is 43.4. The van der Waals surface area contributed by atoms with E-state index in [1.165, 1.54) is 180 Å². The second-order valence-electron chi connectivity index (χ2n) is 17.5. The molecule has 2 unspecified atom stereocenters. The van der Waals surface area contributed by atoms with Crippen molar-refractivity contribution in [2.45, 2.75) is 279 Å². The van der Waals surface area contributed by atoms with Gasteiger partial charge in [-0.2, -0.15) is 0 Å². The van der Waals surface area contributed by atoms with E-state index in [1.54, 1.807) is 0 Å². The lowest BCUT2D eigenvalue weighted by atomic mass is 9.90. The molecule has 0 saturated carbocycles. The van der Waals surface area contributed by atoms with Crippen molar-refractivity contribution in [3.05, 3.63) is 0 Å². The summed E-state index contributed by atoms with van der Waals surface area (Å²) in [6.45, 7) is 18.9. The van der Waals surface area contributed by atoms with Crippen molar-refractivity contribution >= 4 is 12.4 Å². The summed E-state index contributed by atoms with van der Waals surface area (Å²) in [5.41, 5.74) is 0. The number of hydrogen-bond donors (Lipinski definition) is 2. The monoisotopic (exact) mass is 826 g/mol. The first-order chi connectivity index (χ1) is 28.3. The molecule has 1 aliphatic heterocycles. The minimum absolute atomic E-state index is 0.0323. The van der Waals surface area contributed by atoms with Crippen molar-refractivity contribution < 1.29 is 28.9 Å². The van der Waals surface area contributed by atoms with Crippen LogP contribution >= 0.6 is 0 Å². The summed E-state index contributed by atoms with van der Waals surface area (Å²) >= 11 is 0. The number of carboxylic acid groups (broad SMARTS) is 1. The van der Waals surface area contributed by atoms with Crippen molar-refractivity contribution in [3.63, 3.8) is 0 Å². The molecule has 0 aromatic rings. The third-order valence-electron chi connectivity index (χ3n) is 12.1. The summed E-state index contributed by atoms with van der Waals surface area (Å²) in [7, 11) is 0. The highest BCUT2D eigenvalue weighted by molar-refractivity contribution is 5.69. The number of hydrogen-bond acceptors (Lipinski definition) is 6. The van der Waals surface area contributed by atoms with Crippen molar-refractivity contribution in [2.75, 3.05) is 26.3 Å². The van der Waals surface area contributed by atoms with Gasteiger partial charge in [0.2, 0.25) is 0 Å². The standard InChI is InChI=1S/C46H90O4.C4H11N.CH2O2/c1-6-11-24-32-42(33-25-12-7-2)34-28-20-16-15-17-21-29-37-46(49-41-44(10-5)50-46)38-30-22-18-19-23-31-39-48-45(47)40-43(35-26-13-8-3)36-27-14-9-4;1-3-5-4-2;2-1-3/h42-44H,6-41H2,1-5H3;5H,3-4H2,1-2H3;1H,(H,2,3). The Bertz CT molecular complexity index is 805. The number of carbonyl (C=O) groups excluding carboxylic acids is 1. The maximum absolute atomic E-state index is 12.5. The van der Waals surface area contributed by atoms with Gasteiger partial charge in [-0.05, 0) is 63.5 Å². The van der Waals surface area contributed by atoms with Gasteiger partial charge < -0.3 is 24.6 Å². The molecule has 2 N–H and O–H groups in total. The first kappa shape index (κ1) is 58.9. The van der Waals surface area contributed by atoms with Gasteiger partial charge in [-0.1, -0.05) is 209 Å². The second-order valence-corrected chi connectivity index (χ2v) is 17.5. The largest absolute Gasteiger partial charge is 0.483 e. The Morgan fingerprint density at radius 1 is 0.603 bits per heavy atom. The Morgan fingerprint density at radius 2 is 0.983 bits per heavy atom. The van der Waals surface area contributed by atoms with E-state index in [9.17, 15) is 4.79 Å². The lowest BCUT2D eigenvalue weighted by molar-refractivity contribution is -0.179. The summed E-state index contributed by atoms with van der Waals surface area (Å²) in [6, 6.07) is 0. The van der Waals surface area contributed by atoms with Crippen LogP contribution in [0, 0.1) is 11.8 Å². The second kappa shape index (κ2) is 46.9. The normalized spacial score (nSPS) is 16.3. The molecular weight excluding hydrogens is 723 g/mol. The van der Waals surface area contributed by atoms with Gasteiger partial charge >= 0.3 is 5.97 Å². The van der Waals surface area contributed by atoms with E-state index in [0.717, 1.165) is 57.7 Å². The lowest BCUT2D eigenvalue weighted by Crippen LogP contribution is -2.31. The number of nitrogens with one attached hydrogen (secondary N) is 1. The van der Waals surface area contributed by atoms with Crippen LogP contribution in [0.25, 0.3) is 0 Å². The maximum atomic E-state index is 12.5. The zero-order chi connectivity index (χ0) is 43.2. The average molecular weight is 826 g/mol. The van der Waals surface area contributed by atoms with Crippen molar-refractivity contribution in [1.29, 1.82) is 0 Å². The number of carbonyl (C=O) groups is 2. The van der Waals surface area contributed by atoms with Crippen LogP contribution in [0.3, 0.4) is 0 Å². The van der Waals surface area contributed by atoms with Crippen LogP contribution in [0.4, 0.5) is 0 Å². The van der Waals surface area contributed by atoms with Gasteiger partial charge in [0.25, 0.3) is 6.47 Å². The third kappa shape index (κ3) is 39.0. The SMILES string of the molecule is CCCCCC(CCCCC)CCCCCCCCCC1(CCCCCCCCOC(=O)CC(CCCCC)CCCCC)OCC(CC)O1.CCNCC.O=CO. The maximum Gasteiger partial charge on any atom is 0.306 e. The van der Waals surface area contributed by atoms with E-state index < -0.39 is 0 Å². The molecule has 7 nitrogen and oxygen atoms in total. The molecule has 7 heteroatoms. The quantitative estimate of drug-likeness (QED) is 0.0361. The van der Waals surface area contributed by atoms with E-state index in [0.29, 0.717) is 18.9 Å². The molecule has 1 aliphatic rings. The van der Waals surface area contributed by atoms with Crippen LogP contribution in [0.5, 0.6) is 0 Å². The highest BCUT2D eigenvalue weighted by Gasteiger charge is 2.39. The number of rotatable bonds is 40. The molecule has 0 aromatic carbocycles. The predicted molar refractivity (Wildman–Crippen MR) is 250 cm³/mol. The third-order valence-corrected chi connectivity index (χ3v) is 12.1.